The van der Waals surface area contributed by atoms with Crippen molar-refractivity contribution in [3.8, 4) is 0 Å². The molecule has 4 aliphatic heterocycles. The van der Waals surface area contributed by atoms with Crippen molar-refractivity contribution in [2.45, 2.75) is 123 Å². The third-order valence-corrected chi connectivity index (χ3v) is 11.8. The second-order valence-electron chi connectivity index (χ2n) is 15.0. The zero-order chi connectivity index (χ0) is 27.1. The molecule has 8 rings (SSSR count). The van der Waals surface area contributed by atoms with Gasteiger partial charge in [0.2, 0.25) is 5.79 Å². The summed E-state index contributed by atoms with van der Waals surface area (Å²) in [6, 6.07) is 0. The second-order valence-corrected chi connectivity index (χ2v) is 15.0. The van der Waals surface area contributed by atoms with E-state index in [0.717, 1.165) is 50.7 Å². The number of aliphatic hydroxyl groups excluding tert-OH is 1. The average Bonchev–Trinajstić information content (AvgIpc) is 2.92. The predicted molar refractivity (Wildman–Crippen MR) is 138 cm³/mol. The van der Waals surface area contributed by atoms with Crippen molar-refractivity contribution in [2.24, 2.45) is 39.4 Å². The smallest absolute Gasteiger partial charge is 0.213 e. The number of fused-ring (bicyclic) bond motifs is 1. The van der Waals surface area contributed by atoms with Gasteiger partial charge < -0.3 is 28.8 Å². The predicted octanol–water partition coefficient (Wildman–Crippen LogP) is 5.10. The maximum Gasteiger partial charge on any atom is 0.213 e. The molecule has 3 spiro atoms. The summed E-state index contributed by atoms with van der Waals surface area (Å²) in [6.07, 6.45) is 4.80. The maximum absolute atomic E-state index is 14.8. The van der Waals surface area contributed by atoms with E-state index in [1.165, 1.54) is 5.57 Å². The number of aliphatic hydroxyl groups is 1. The molecule has 0 unspecified atom stereocenters. The third kappa shape index (κ3) is 2.72. The molecule has 3 saturated heterocycles. The van der Waals surface area contributed by atoms with Crippen LogP contribution in [0, 0.1) is 39.4 Å². The molecule has 3 saturated carbocycles. The monoisotopic (exact) mass is 530 g/mol. The highest BCUT2D eigenvalue weighted by Gasteiger charge is 2.91. The van der Waals surface area contributed by atoms with Gasteiger partial charge in [0.05, 0.1) is 24.7 Å². The van der Waals surface area contributed by atoms with E-state index in [9.17, 15) is 9.90 Å². The highest BCUT2D eigenvalue weighted by molar-refractivity contribution is 5.96. The largest absolute Gasteiger partial charge is 0.469 e. The van der Waals surface area contributed by atoms with E-state index in [-0.39, 0.29) is 41.3 Å². The van der Waals surface area contributed by atoms with Crippen LogP contribution in [0.2, 0.25) is 0 Å². The topological polar surface area (TPSA) is 83.5 Å². The normalized spacial score (nSPS) is 50.7. The molecule has 0 aromatic carbocycles. The first-order valence-electron chi connectivity index (χ1n) is 15.1. The number of hydrogen-bond donors (Lipinski definition) is 1. The van der Waals surface area contributed by atoms with Crippen molar-refractivity contribution >= 4 is 5.78 Å². The number of carbonyl (C=O) groups excluding carboxylic acids is 1. The van der Waals surface area contributed by atoms with Crippen LogP contribution in [0.5, 0.6) is 0 Å². The molecule has 0 radical (unpaired) electrons. The molecule has 4 heterocycles. The van der Waals surface area contributed by atoms with Crippen molar-refractivity contribution in [3.05, 3.63) is 11.3 Å². The highest BCUT2D eigenvalue weighted by atomic mass is 16.8. The van der Waals surface area contributed by atoms with E-state index >= 15 is 0 Å². The molecule has 0 aromatic rings. The number of unbranched alkanes of at least 4 members (excludes halogenated alkanes) is 1. The van der Waals surface area contributed by atoms with Gasteiger partial charge in [0, 0.05) is 17.8 Å². The Morgan fingerprint density at radius 1 is 1.08 bits per heavy atom. The Morgan fingerprint density at radius 2 is 1.84 bits per heavy atom. The van der Waals surface area contributed by atoms with Crippen LogP contribution in [0.15, 0.2) is 11.3 Å². The molecule has 7 heteroatoms. The fraction of sp³-hybridized carbons (Fsp3) is 0.903. The Hall–Kier alpha value is -0.990. The van der Waals surface area contributed by atoms with Gasteiger partial charge in [-0.3, -0.25) is 4.79 Å². The summed E-state index contributed by atoms with van der Waals surface area (Å²) < 4.78 is 33.4. The van der Waals surface area contributed by atoms with Gasteiger partial charge in [-0.05, 0) is 68.8 Å². The van der Waals surface area contributed by atoms with E-state index in [1.54, 1.807) is 0 Å². The van der Waals surface area contributed by atoms with Crippen LogP contribution in [0.1, 0.15) is 93.4 Å². The van der Waals surface area contributed by atoms with Crippen molar-refractivity contribution in [1.29, 1.82) is 0 Å². The highest BCUT2D eigenvalue weighted by Crippen LogP contribution is 2.81. The molecule has 4 aliphatic carbocycles. The molecule has 38 heavy (non-hydrogen) atoms. The van der Waals surface area contributed by atoms with E-state index < -0.39 is 33.9 Å². The Morgan fingerprint density at radius 3 is 2.58 bits per heavy atom. The SMILES string of the molecule is CCCCO[C@H]1CCC2=C(O1)[C@@]13CO[C@]4(OC(C)(C)O[C@@H]5[C@H]6CC[C@@H]1[C@]54C(=O)C6(C)C)[C@@H](O)[C@@H]3C(C)(C)C2. The van der Waals surface area contributed by atoms with Crippen LogP contribution in [0.4, 0.5) is 0 Å². The third-order valence-electron chi connectivity index (χ3n) is 11.8. The van der Waals surface area contributed by atoms with Gasteiger partial charge in [-0.15, -0.1) is 0 Å². The standard InChI is InChI=1S/C31H46O7/c1-8-9-14-34-20-13-10-17-15-26(2,3)21-22(32)31-30-19(29(21,16-35-31)23(17)36-20)12-11-18(27(4,5)25(30)33)24(30)37-28(6,7)38-31/h18-22,24,32H,8-16H2,1-7H3/t18-,19+,20-,21-,22+,24-,29+,30-,31+/m1/s1. The van der Waals surface area contributed by atoms with E-state index in [2.05, 4.69) is 34.6 Å². The van der Waals surface area contributed by atoms with Crippen molar-refractivity contribution in [1.82, 2.24) is 0 Å². The zero-order valence-electron chi connectivity index (χ0n) is 24.2. The average molecular weight is 531 g/mol. The lowest BCUT2D eigenvalue weighted by Gasteiger charge is -2.77. The van der Waals surface area contributed by atoms with Crippen LogP contribution in [-0.4, -0.2) is 54.2 Å². The number of ether oxygens (including phenoxy) is 5. The van der Waals surface area contributed by atoms with Crippen molar-refractivity contribution in [3.63, 3.8) is 0 Å². The summed E-state index contributed by atoms with van der Waals surface area (Å²) in [5.74, 6) is -1.54. The molecular formula is C31H46O7. The molecular weight excluding hydrogens is 484 g/mol. The van der Waals surface area contributed by atoms with Gasteiger partial charge in [-0.25, -0.2) is 0 Å². The summed E-state index contributed by atoms with van der Waals surface area (Å²) in [4.78, 5) is 14.8. The van der Waals surface area contributed by atoms with Crippen LogP contribution in [0.3, 0.4) is 0 Å². The number of carbonyl (C=O) groups is 1. The molecule has 6 fully saturated rings. The fourth-order valence-corrected chi connectivity index (χ4v) is 10.8. The number of allylic oxidation sites excluding steroid dienone is 1. The van der Waals surface area contributed by atoms with E-state index in [4.69, 9.17) is 23.7 Å². The number of ketones is 1. The zero-order valence-corrected chi connectivity index (χ0v) is 24.2. The molecule has 212 valence electrons. The Bertz CT molecular complexity index is 1090. The Kier molecular flexibility index (Phi) is 5.22. The van der Waals surface area contributed by atoms with E-state index in [0.29, 0.717) is 13.2 Å². The molecule has 7 nitrogen and oxygen atoms in total. The minimum Gasteiger partial charge on any atom is -0.469 e. The van der Waals surface area contributed by atoms with Gasteiger partial charge >= 0.3 is 0 Å². The fourth-order valence-electron chi connectivity index (χ4n) is 10.8. The van der Waals surface area contributed by atoms with Gasteiger partial charge in [0.15, 0.2) is 17.9 Å². The number of rotatable bonds is 4. The summed E-state index contributed by atoms with van der Waals surface area (Å²) in [5, 5.41) is 12.6. The minimum atomic E-state index is -1.43. The lowest BCUT2D eigenvalue weighted by atomic mass is 9.36. The first-order chi connectivity index (χ1) is 17.8. The van der Waals surface area contributed by atoms with Crippen LogP contribution >= 0.6 is 0 Å². The maximum atomic E-state index is 14.8. The first-order valence-corrected chi connectivity index (χ1v) is 15.1. The quantitative estimate of drug-likeness (QED) is 0.506. The molecule has 9 atom stereocenters. The molecule has 0 amide bonds. The van der Waals surface area contributed by atoms with Gasteiger partial charge in [-0.2, -0.15) is 0 Å². The molecule has 4 bridgehead atoms. The Balaban J connectivity index is 1.44. The van der Waals surface area contributed by atoms with Crippen molar-refractivity contribution < 1.29 is 33.6 Å². The lowest BCUT2D eigenvalue weighted by Crippen LogP contribution is -2.87. The molecule has 8 aliphatic rings. The summed E-state index contributed by atoms with van der Waals surface area (Å²) in [6.45, 7) is 15.7. The van der Waals surface area contributed by atoms with E-state index in [1.807, 2.05) is 13.8 Å². The van der Waals surface area contributed by atoms with Gasteiger partial charge in [0.25, 0.3) is 0 Å². The summed E-state index contributed by atoms with van der Waals surface area (Å²) in [5.41, 5.74) is -1.20. The summed E-state index contributed by atoms with van der Waals surface area (Å²) >= 11 is 0. The van der Waals surface area contributed by atoms with Crippen LogP contribution < -0.4 is 0 Å². The first kappa shape index (κ1) is 25.9. The second kappa shape index (κ2) is 7.64. The Labute approximate surface area is 226 Å². The van der Waals surface area contributed by atoms with Crippen LogP contribution in [0.25, 0.3) is 0 Å². The van der Waals surface area contributed by atoms with Gasteiger partial charge in [0.1, 0.15) is 17.3 Å². The lowest BCUT2D eigenvalue weighted by molar-refractivity contribution is -0.527. The number of Topliss-reactive ketones (excluding diaryl/α,β-unsaturated/α-hetero) is 1. The minimum absolute atomic E-state index is 0.0544. The summed E-state index contributed by atoms with van der Waals surface area (Å²) in [7, 11) is 0. The molecule has 0 aromatic heterocycles. The van der Waals surface area contributed by atoms with Crippen molar-refractivity contribution in [2.75, 3.05) is 13.2 Å². The van der Waals surface area contributed by atoms with Crippen LogP contribution in [-0.2, 0) is 28.5 Å². The van der Waals surface area contributed by atoms with Gasteiger partial charge in [-0.1, -0.05) is 41.0 Å². The number of hydrogen-bond acceptors (Lipinski definition) is 7. The molecule has 1 N–H and O–H groups in total.